The first-order chi connectivity index (χ1) is 13.8. The standard InChI is InChI=1S/C18H43N2O6P.C2H6/c1-5-19(6-2,7-3)12-17-25-27(24,8-4)26-18-13-20(9-14-21,10-15-22)11-16-23;1-2/h21-23H,5-18H2,1-4H3;1-2H3/q+2;. The zero-order valence-corrected chi connectivity index (χ0v) is 20.7. The van der Waals surface area contributed by atoms with Gasteiger partial charge in [-0.05, 0) is 20.8 Å². The van der Waals surface area contributed by atoms with Crippen molar-refractivity contribution in [2.75, 3.05) is 91.6 Å². The van der Waals surface area contributed by atoms with Gasteiger partial charge in [-0.1, -0.05) is 20.8 Å². The van der Waals surface area contributed by atoms with Gasteiger partial charge in [0.25, 0.3) is 0 Å². The normalized spacial score (nSPS) is 14.2. The molecule has 0 aromatic carbocycles. The second-order valence-electron chi connectivity index (χ2n) is 7.01. The Labute approximate surface area is 179 Å². The molecule has 0 saturated carbocycles. The number of nitrogens with zero attached hydrogens (tertiary/aromatic N) is 2. The number of aliphatic hydroxyl groups is 3. The highest BCUT2D eigenvalue weighted by Crippen LogP contribution is 2.47. The third kappa shape index (κ3) is 11.8. The van der Waals surface area contributed by atoms with E-state index in [0.29, 0.717) is 43.4 Å². The number of rotatable bonds is 18. The molecule has 0 heterocycles. The van der Waals surface area contributed by atoms with Crippen LogP contribution in [-0.2, 0) is 13.6 Å². The molecule has 0 aromatic heterocycles. The zero-order chi connectivity index (χ0) is 22.8. The Morgan fingerprint density at radius 1 is 0.655 bits per heavy atom. The van der Waals surface area contributed by atoms with Crippen molar-refractivity contribution in [1.29, 1.82) is 0 Å². The van der Waals surface area contributed by atoms with Crippen LogP contribution < -0.4 is 0 Å². The molecule has 1 unspecified atom stereocenters. The molecule has 0 radical (unpaired) electrons. The van der Waals surface area contributed by atoms with E-state index in [2.05, 4.69) is 20.8 Å². The Kier molecular flexibility index (Phi) is 18.9. The summed E-state index contributed by atoms with van der Waals surface area (Å²) in [5.41, 5.74) is 0. The van der Waals surface area contributed by atoms with Crippen LogP contribution in [0.4, 0.5) is 0 Å². The van der Waals surface area contributed by atoms with Crippen LogP contribution in [0, 0.1) is 0 Å². The number of hydrogen-bond donors (Lipinski definition) is 3. The minimum Gasteiger partial charge on any atom is -0.391 e. The predicted molar refractivity (Wildman–Crippen MR) is 119 cm³/mol. The first kappa shape index (κ1) is 31.1. The number of quaternary nitrogens is 2. The summed E-state index contributed by atoms with van der Waals surface area (Å²) >= 11 is 0. The van der Waals surface area contributed by atoms with Crippen LogP contribution in [0.5, 0.6) is 0 Å². The smallest absolute Gasteiger partial charge is 0.330 e. The summed E-state index contributed by atoms with van der Waals surface area (Å²) in [6.45, 7) is 18.2. The van der Waals surface area contributed by atoms with E-state index in [1.807, 2.05) is 13.8 Å². The van der Waals surface area contributed by atoms with Crippen molar-refractivity contribution in [3.8, 4) is 0 Å². The molecule has 0 aliphatic rings. The van der Waals surface area contributed by atoms with E-state index >= 15 is 0 Å². The van der Waals surface area contributed by atoms with E-state index in [-0.39, 0.29) is 26.4 Å². The van der Waals surface area contributed by atoms with Crippen molar-refractivity contribution < 1.29 is 37.9 Å². The lowest BCUT2D eigenvalue weighted by atomic mass is 10.3. The van der Waals surface area contributed by atoms with E-state index in [4.69, 9.17) is 9.05 Å². The Balaban J connectivity index is 0. The van der Waals surface area contributed by atoms with Crippen molar-refractivity contribution in [2.24, 2.45) is 0 Å². The van der Waals surface area contributed by atoms with Crippen molar-refractivity contribution >= 4 is 7.60 Å². The Morgan fingerprint density at radius 3 is 1.28 bits per heavy atom. The van der Waals surface area contributed by atoms with Gasteiger partial charge < -0.3 is 33.3 Å². The van der Waals surface area contributed by atoms with Crippen LogP contribution in [0.15, 0.2) is 0 Å². The molecule has 29 heavy (non-hydrogen) atoms. The fraction of sp³-hybridized carbons (Fsp3) is 1.00. The minimum atomic E-state index is -3.17. The van der Waals surface area contributed by atoms with Gasteiger partial charge in [0.05, 0.1) is 39.5 Å². The molecule has 0 aliphatic heterocycles. The van der Waals surface area contributed by atoms with Crippen LogP contribution in [0.3, 0.4) is 0 Å². The summed E-state index contributed by atoms with van der Waals surface area (Å²) < 4.78 is 25.5. The highest BCUT2D eigenvalue weighted by Gasteiger charge is 2.30. The lowest BCUT2D eigenvalue weighted by molar-refractivity contribution is -0.929. The van der Waals surface area contributed by atoms with Gasteiger partial charge in [0.2, 0.25) is 0 Å². The molecule has 0 saturated heterocycles. The summed E-state index contributed by atoms with van der Waals surface area (Å²) in [6, 6.07) is 0. The van der Waals surface area contributed by atoms with Gasteiger partial charge >= 0.3 is 7.60 Å². The van der Waals surface area contributed by atoms with Gasteiger partial charge in [0, 0.05) is 6.16 Å². The second-order valence-corrected chi connectivity index (χ2v) is 9.39. The van der Waals surface area contributed by atoms with E-state index in [1.54, 1.807) is 6.92 Å². The van der Waals surface area contributed by atoms with Crippen LogP contribution in [0.25, 0.3) is 0 Å². The van der Waals surface area contributed by atoms with Crippen molar-refractivity contribution in [3.05, 3.63) is 0 Å². The molecule has 0 bridgehead atoms. The monoisotopic (exact) mass is 444 g/mol. The van der Waals surface area contributed by atoms with Crippen LogP contribution in [0.2, 0.25) is 0 Å². The van der Waals surface area contributed by atoms with E-state index < -0.39 is 7.60 Å². The molecule has 0 aliphatic carbocycles. The molecular weight excluding hydrogens is 395 g/mol. The maximum absolute atomic E-state index is 12.9. The Bertz CT molecular complexity index is 396. The zero-order valence-electron chi connectivity index (χ0n) is 19.8. The van der Waals surface area contributed by atoms with Gasteiger partial charge in [-0.3, -0.25) is 4.57 Å². The van der Waals surface area contributed by atoms with Gasteiger partial charge in [-0.2, -0.15) is 0 Å². The van der Waals surface area contributed by atoms with Gasteiger partial charge in [0.1, 0.15) is 45.9 Å². The summed E-state index contributed by atoms with van der Waals surface area (Å²) in [7, 11) is -3.17. The molecular formula is C20H49N2O6P+2. The van der Waals surface area contributed by atoms with E-state index in [9.17, 15) is 19.9 Å². The van der Waals surface area contributed by atoms with Crippen LogP contribution in [0.1, 0.15) is 41.5 Å². The fourth-order valence-electron chi connectivity index (χ4n) is 3.42. The Hall–Kier alpha value is -0.0500. The lowest BCUT2D eigenvalue weighted by Crippen LogP contribution is -2.55. The second kappa shape index (κ2) is 17.6. The fourth-order valence-corrected chi connectivity index (χ4v) is 4.58. The average molecular weight is 445 g/mol. The molecule has 8 nitrogen and oxygen atoms in total. The molecule has 1 atom stereocenters. The minimum absolute atomic E-state index is 0.0486. The lowest BCUT2D eigenvalue weighted by Gasteiger charge is -2.37. The molecule has 0 spiro atoms. The molecule has 9 heteroatoms. The summed E-state index contributed by atoms with van der Waals surface area (Å²) in [4.78, 5) is 0. The third-order valence-electron chi connectivity index (χ3n) is 5.83. The number of hydrogen-bond acceptors (Lipinski definition) is 6. The van der Waals surface area contributed by atoms with Crippen LogP contribution in [-0.4, -0.2) is 116 Å². The van der Waals surface area contributed by atoms with Crippen LogP contribution >= 0.6 is 7.60 Å². The summed E-state index contributed by atoms with van der Waals surface area (Å²) in [6.07, 6.45) is 0.303. The summed E-state index contributed by atoms with van der Waals surface area (Å²) in [5, 5.41) is 28.0. The quantitative estimate of drug-likeness (QED) is 0.221. The number of aliphatic hydroxyl groups excluding tert-OH is 3. The van der Waals surface area contributed by atoms with Gasteiger partial charge in [-0.25, -0.2) is 0 Å². The van der Waals surface area contributed by atoms with E-state index in [1.165, 1.54) is 0 Å². The first-order valence-electron chi connectivity index (χ1n) is 11.2. The largest absolute Gasteiger partial charge is 0.391 e. The average Bonchev–Trinajstić information content (AvgIpc) is 2.74. The molecule has 0 aromatic rings. The summed E-state index contributed by atoms with van der Waals surface area (Å²) in [5.74, 6) is 0. The van der Waals surface area contributed by atoms with E-state index in [0.717, 1.165) is 30.7 Å². The highest BCUT2D eigenvalue weighted by atomic mass is 31.2. The topological polar surface area (TPSA) is 96.2 Å². The van der Waals surface area contributed by atoms with Gasteiger partial charge in [-0.15, -0.1) is 0 Å². The SMILES string of the molecule is CC.CC[N+](CC)(CC)CCOP(=O)(CC)OCC[N+](CCO)(CCO)CCO. The van der Waals surface area contributed by atoms with Gasteiger partial charge in [0.15, 0.2) is 0 Å². The maximum atomic E-state index is 12.9. The number of likely N-dealkylation sites (N-methyl/N-ethyl adjacent to an activating group) is 1. The molecule has 0 rings (SSSR count). The van der Waals surface area contributed by atoms with Crippen molar-refractivity contribution in [2.45, 2.75) is 41.5 Å². The maximum Gasteiger partial charge on any atom is 0.330 e. The predicted octanol–water partition coefficient (Wildman–Crippen LogP) is 1.93. The molecule has 178 valence electrons. The highest BCUT2D eigenvalue weighted by molar-refractivity contribution is 7.53. The molecule has 0 fully saturated rings. The van der Waals surface area contributed by atoms with Crippen molar-refractivity contribution in [1.82, 2.24) is 0 Å². The van der Waals surface area contributed by atoms with Crippen molar-refractivity contribution in [3.63, 3.8) is 0 Å². The molecule has 3 N–H and O–H groups in total. The molecule has 0 amide bonds. The first-order valence-corrected chi connectivity index (χ1v) is 13.0. The third-order valence-corrected chi connectivity index (χ3v) is 7.76. The Morgan fingerprint density at radius 2 is 1.00 bits per heavy atom.